The summed E-state index contributed by atoms with van der Waals surface area (Å²) in [5.74, 6) is -1.08. The first-order valence-electron chi connectivity index (χ1n) is 6.28. The number of aromatic nitrogens is 1. The van der Waals surface area contributed by atoms with Crippen molar-refractivity contribution in [2.75, 3.05) is 11.1 Å². The van der Waals surface area contributed by atoms with Gasteiger partial charge in [0.15, 0.2) is 5.13 Å². The van der Waals surface area contributed by atoms with Crippen LogP contribution in [0.1, 0.15) is 15.9 Å². The van der Waals surface area contributed by atoms with E-state index >= 15 is 0 Å². The van der Waals surface area contributed by atoms with Crippen molar-refractivity contribution < 1.29 is 9.18 Å². The van der Waals surface area contributed by atoms with Crippen LogP contribution in [0.5, 0.6) is 0 Å². The predicted molar refractivity (Wildman–Crippen MR) is 83.1 cm³/mol. The van der Waals surface area contributed by atoms with Crippen LogP contribution in [0.4, 0.5) is 15.2 Å². The van der Waals surface area contributed by atoms with Crippen molar-refractivity contribution in [3.8, 4) is 0 Å². The first-order valence-corrected chi connectivity index (χ1v) is 7.09. The van der Waals surface area contributed by atoms with E-state index in [1.165, 1.54) is 29.5 Å². The van der Waals surface area contributed by atoms with Gasteiger partial charge in [-0.05, 0) is 30.7 Å². The predicted octanol–water partition coefficient (Wildman–Crippen LogP) is 3.58. The molecule has 1 aromatic heterocycles. The molecule has 0 bridgehead atoms. The van der Waals surface area contributed by atoms with E-state index in [1.807, 2.05) is 25.1 Å². The number of nitrogens with one attached hydrogen (secondary N) is 1. The van der Waals surface area contributed by atoms with Gasteiger partial charge in [-0.15, -0.1) is 0 Å². The molecule has 0 aliphatic heterocycles. The van der Waals surface area contributed by atoms with Gasteiger partial charge in [-0.1, -0.05) is 29.5 Å². The summed E-state index contributed by atoms with van der Waals surface area (Å²) in [6.45, 7) is 1.96. The van der Waals surface area contributed by atoms with Crippen LogP contribution < -0.4 is 11.1 Å². The lowest BCUT2D eigenvalue weighted by molar-refractivity contribution is 0.102. The number of amides is 1. The minimum absolute atomic E-state index is 0.103. The Bertz CT molecular complexity index is 844. The smallest absolute Gasteiger partial charge is 0.259 e. The molecule has 3 N–H and O–H groups in total. The summed E-state index contributed by atoms with van der Waals surface area (Å²) in [5, 5.41) is 3.13. The zero-order valence-electron chi connectivity index (χ0n) is 11.2. The van der Waals surface area contributed by atoms with Crippen molar-refractivity contribution >= 4 is 38.3 Å². The summed E-state index contributed by atoms with van der Waals surface area (Å²) < 4.78 is 14.4. The number of nitrogens with two attached hydrogens (primary N) is 1. The number of halogens is 1. The molecule has 0 aliphatic rings. The van der Waals surface area contributed by atoms with E-state index in [-0.39, 0.29) is 11.3 Å². The Labute approximate surface area is 124 Å². The van der Waals surface area contributed by atoms with Gasteiger partial charge in [0, 0.05) is 0 Å². The van der Waals surface area contributed by atoms with Gasteiger partial charge in [0.2, 0.25) is 0 Å². The second-order valence-electron chi connectivity index (χ2n) is 4.60. The van der Waals surface area contributed by atoms with Crippen LogP contribution >= 0.6 is 11.3 Å². The molecule has 0 saturated heterocycles. The normalized spacial score (nSPS) is 10.8. The largest absolute Gasteiger partial charge is 0.396 e. The van der Waals surface area contributed by atoms with Crippen LogP contribution in [-0.2, 0) is 0 Å². The van der Waals surface area contributed by atoms with Gasteiger partial charge >= 0.3 is 0 Å². The number of carbonyl (C=O) groups is 1. The van der Waals surface area contributed by atoms with E-state index < -0.39 is 11.7 Å². The summed E-state index contributed by atoms with van der Waals surface area (Å²) >= 11 is 1.37. The van der Waals surface area contributed by atoms with Crippen molar-refractivity contribution in [1.82, 2.24) is 4.98 Å². The lowest BCUT2D eigenvalue weighted by atomic mass is 10.1. The van der Waals surface area contributed by atoms with Crippen molar-refractivity contribution in [3.63, 3.8) is 0 Å². The van der Waals surface area contributed by atoms with Gasteiger partial charge in [-0.2, -0.15) is 0 Å². The third kappa shape index (κ3) is 2.45. The summed E-state index contributed by atoms with van der Waals surface area (Å²) in [7, 11) is 0. The molecule has 0 spiro atoms. The number of hydrogen-bond acceptors (Lipinski definition) is 4. The van der Waals surface area contributed by atoms with Gasteiger partial charge in [0.1, 0.15) is 5.82 Å². The quantitative estimate of drug-likeness (QED) is 0.711. The Balaban J connectivity index is 1.93. The average Bonchev–Trinajstić information content (AvgIpc) is 2.85. The Morgan fingerprint density at radius 3 is 2.81 bits per heavy atom. The van der Waals surface area contributed by atoms with E-state index in [9.17, 15) is 9.18 Å². The van der Waals surface area contributed by atoms with Crippen LogP contribution in [0.2, 0.25) is 0 Å². The van der Waals surface area contributed by atoms with Crippen LogP contribution in [0.25, 0.3) is 10.2 Å². The lowest BCUT2D eigenvalue weighted by Crippen LogP contribution is -2.14. The minimum atomic E-state index is -0.609. The SMILES string of the molecule is Cc1cccc2sc(NC(=O)c3cccc(F)c3N)nc12. The molecule has 1 heterocycles. The second-order valence-corrected chi connectivity index (χ2v) is 5.63. The van der Waals surface area contributed by atoms with E-state index in [0.717, 1.165) is 15.8 Å². The Morgan fingerprint density at radius 2 is 2.05 bits per heavy atom. The number of thiazole rings is 1. The fourth-order valence-corrected chi connectivity index (χ4v) is 2.98. The van der Waals surface area contributed by atoms with Gasteiger partial charge in [-0.3, -0.25) is 10.1 Å². The third-order valence-electron chi connectivity index (χ3n) is 3.14. The number of rotatable bonds is 2. The highest BCUT2D eigenvalue weighted by Crippen LogP contribution is 2.28. The molecular weight excluding hydrogens is 289 g/mol. The molecule has 6 heteroatoms. The highest BCUT2D eigenvalue weighted by Gasteiger charge is 2.15. The van der Waals surface area contributed by atoms with Crippen LogP contribution in [0.15, 0.2) is 36.4 Å². The number of nitrogens with zero attached hydrogens (tertiary/aromatic N) is 1. The maximum atomic E-state index is 13.4. The average molecular weight is 301 g/mol. The molecule has 3 aromatic rings. The highest BCUT2D eigenvalue weighted by atomic mass is 32.1. The molecule has 3 rings (SSSR count). The molecule has 106 valence electrons. The molecule has 0 saturated carbocycles. The molecule has 0 aliphatic carbocycles. The number of benzene rings is 2. The topological polar surface area (TPSA) is 68.0 Å². The molecule has 0 radical (unpaired) electrons. The minimum Gasteiger partial charge on any atom is -0.396 e. The molecule has 2 aromatic carbocycles. The maximum Gasteiger partial charge on any atom is 0.259 e. The third-order valence-corrected chi connectivity index (χ3v) is 4.07. The van der Waals surface area contributed by atoms with Crippen molar-refractivity contribution in [2.45, 2.75) is 6.92 Å². The number of para-hydroxylation sites is 2. The number of fused-ring (bicyclic) bond motifs is 1. The van der Waals surface area contributed by atoms with Crippen molar-refractivity contribution in [1.29, 1.82) is 0 Å². The molecule has 0 fully saturated rings. The lowest BCUT2D eigenvalue weighted by Gasteiger charge is -2.05. The molecule has 0 atom stereocenters. The summed E-state index contributed by atoms with van der Waals surface area (Å²) in [6.07, 6.45) is 0. The first-order chi connectivity index (χ1) is 10.1. The Kier molecular flexibility index (Phi) is 3.31. The fraction of sp³-hybridized carbons (Fsp3) is 0.0667. The summed E-state index contributed by atoms with van der Waals surface area (Å²) in [5.41, 5.74) is 7.41. The first kappa shape index (κ1) is 13.5. The van der Waals surface area contributed by atoms with Gasteiger partial charge in [0.05, 0.1) is 21.5 Å². The number of carbonyl (C=O) groups excluding carboxylic acids is 1. The molecule has 1 amide bonds. The fourth-order valence-electron chi connectivity index (χ4n) is 2.04. The zero-order valence-corrected chi connectivity index (χ0v) is 12.0. The number of aryl methyl sites for hydroxylation is 1. The molecule has 4 nitrogen and oxygen atoms in total. The summed E-state index contributed by atoms with van der Waals surface area (Å²) in [4.78, 5) is 16.5. The molecular formula is C15H12FN3OS. The Morgan fingerprint density at radius 1 is 1.29 bits per heavy atom. The van der Waals surface area contributed by atoms with Crippen molar-refractivity contribution in [3.05, 3.63) is 53.3 Å². The van der Waals surface area contributed by atoms with Gasteiger partial charge < -0.3 is 5.73 Å². The van der Waals surface area contributed by atoms with E-state index in [0.29, 0.717) is 5.13 Å². The number of hydrogen-bond donors (Lipinski definition) is 2. The molecule has 0 unspecified atom stereocenters. The standard InChI is InChI=1S/C15H12FN3OS/c1-8-4-2-7-11-13(8)18-15(21-11)19-14(20)9-5-3-6-10(16)12(9)17/h2-7H,17H2,1H3,(H,18,19,20). The van der Waals surface area contributed by atoms with E-state index in [4.69, 9.17) is 5.73 Å². The second kappa shape index (κ2) is 5.14. The van der Waals surface area contributed by atoms with E-state index in [2.05, 4.69) is 10.3 Å². The van der Waals surface area contributed by atoms with E-state index in [1.54, 1.807) is 0 Å². The maximum absolute atomic E-state index is 13.4. The van der Waals surface area contributed by atoms with Crippen LogP contribution in [0, 0.1) is 12.7 Å². The van der Waals surface area contributed by atoms with Gasteiger partial charge in [0.25, 0.3) is 5.91 Å². The van der Waals surface area contributed by atoms with Crippen LogP contribution in [-0.4, -0.2) is 10.9 Å². The van der Waals surface area contributed by atoms with Crippen molar-refractivity contribution in [2.24, 2.45) is 0 Å². The monoisotopic (exact) mass is 301 g/mol. The number of anilines is 2. The zero-order chi connectivity index (χ0) is 15.0. The highest BCUT2D eigenvalue weighted by molar-refractivity contribution is 7.22. The number of nitrogen functional groups attached to an aromatic ring is 1. The molecule has 21 heavy (non-hydrogen) atoms. The summed E-state index contributed by atoms with van der Waals surface area (Å²) in [6, 6.07) is 9.97. The van der Waals surface area contributed by atoms with Crippen LogP contribution in [0.3, 0.4) is 0 Å². The Hall–Kier alpha value is -2.47. The van der Waals surface area contributed by atoms with Gasteiger partial charge in [-0.25, -0.2) is 9.37 Å².